The van der Waals surface area contributed by atoms with E-state index in [1.165, 1.54) is 42.5 Å². The molecule has 0 unspecified atom stereocenters. The number of nitrogens with zero attached hydrogens (tertiary/aromatic N) is 2. The third-order valence-electron chi connectivity index (χ3n) is 3.84. The molecule has 29 heavy (non-hydrogen) atoms. The standard InChI is InChI=1S/C19H14ClF3N4O2/c20-16-14(10-5-7-12(21)8-6-10)27-17(24)15(26-16)18(28)25-9-11-3-1-2-4-13(11)29-19(22)23/h1-8,19H,9H2,(H2,24,27)(H,25,28). The van der Waals surface area contributed by atoms with Crippen LogP contribution in [0.1, 0.15) is 16.1 Å². The number of nitrogens with two attached hydrogens (primary N) is 1. The zero-order valence-corrected chi connectivity index (χ0v) is 15.5. The molecule has 0 fully saturated rings. The average molecular weight is 423 g/mol. The Bertz CT molecular complexity index is 1030. The number of carbonyl (C=O) groups excluding carboxylic acids is 1. The van der Waals surface area contributed by atoms with E-state index in [0.717, 1.165) is 0 Å². The lowest BCUT2D eigenvalue weighted by molar-refractivity contribution is -0.0504. The van der Waals surface area contributed by atoms with Crippen molar-refractivity contribution in [2.24, 2.45) is 0 Å². The maximum absolute atomic E-state index is 13.1. The first-order valence-electron chi connectivity index (χ1n) is 8.25. The maximum atomic E-state index is 13.1. The molecule has 0 aliphatic carbocycles. The number of halogens is 4. The van der Waals surface area contributed by atoms with Crippen LogP contribution in [0.2, 0.25) is 5.15 Å². The second-order valence-corrected chi connectivity index (χ2v) is 6.13. The van der Waals surface area contributed by atoms with E-state index in [9.17, 15) is 18.0 Å². The number of para-hydroxylation sites is 1. The van der Waals surface area contributed by atoms with Gasteiger partial charge >= 0.3 is 6.61 Å². The SMILES string of the molecule is Nc1nc(-c2ccc(F)cc2)c(Cl)nc1C(=O)NCc1ccccc1OC(F)F. The lowest BCUT2D eigenvalue weighted by atomic mass is 10.1. The molecule has 0 atom stereocenters. The maximum Gasteiger partial charge on any atom is 0.387 e. The van der Waals surface area contributed by atoms with Gasteiger partial charge in [0.2, 0.25) is 0 Å². The molecule has 3 N–H and O–H groups in total. The molecule has 3 aromatic rings. The molecule has 6 nitrogen and oxygen atoms in total. The highest BCUT2D eigenvalue weighted by Crippen LogP contribution is 2.27. The van der Waals surface area contributed by atoms with E-state index in [1.807, 2.05) is 0 Å². The van der Waals surface area contributed by atoms with Crippen molar-refractivity contribution in [1.82, 2.24) is 15.3 Å². The van der Waals surface area contributed by atoms with Crippen molar-refractivity contribution in [3.8, 4) is 17.0 Å². The first kappa shape index (κ1) is 20.4. The molecule has 2 aromatic carbocycles. The number of hydrogen-bond acceptors (Lipinski definition) is 5. The van der Waals surface area contributed by atoms with Gasteiger partial charge in [-0.1, -0.05) is 29.8 Å². The Balaban J connectivity index is 1.78. The molecule has 0 saturated heterocycles. The minimum absolute atomic E-state index is 0.0634. The number of anilines is 1. The minimum atomic E-state index is -2.99. The van der Waals surface area contributed by atoms with Crippen molar-refractivity contribution >= 4 is 23.3 Å². The van der Waals surface area contributed by atoms with Gasteiger partial charge in [-0.15, -0.1) is 0 Å². The third-order valence-corrected chi connectivity index (χ3v) is 4.10. The summed E-state index contributed by atoms with van der Waals surface area (Å²) in [5, 5.41) is 2.41. The van der Waals surface area contributed by atoms with Crippen LogP contribution in [-0.4, -0.2) is 22.5 Å². The summed E-state index contributed by atoms with van der Waals surface area (Å²) in [4.78, 5) is 20.5. The zero-order valence-electron chi connectivity index (χ0n) is 14.7. The van der Waals surface area contributed by atoms with E-state index in [4.69, 9.17) is 17.3 Å². The third kappa shape index (κ3) is 4.94. The van der Waals surface area contributed by atoms with Gasteiger partial charge in [-0.3, -0.25) is 4.79 Å². The van der Waals surface area contributed by atoms with Crippen molar-refractivity contribution in [3.63, 3.8) is 0 Å². The highest BCUT2D eigenvalue weighted by atomic mass is 35.5. The predicted octanol–water partition coefficient (Wildman–Crippen LogP) is 4.05. The first-order valence-corrected chi connectivity index (χ1v) is 8.63. The molecular weight excluding hydrogens is 409 g/mol. The van der Waals surface area contributed by atoms with Gasteiger partial charge in [-0.2, -0.15) is 8.78 Å². The van der Waals surface area contributed by atoms with Gasteiger partial charge in [0.25, 0.3) is 5.91 Å². The lowest BCUT2D eigenvalue weighted by Gasteiger charge is -2.12. The fraction of sp³-hybridized carbons (Fsp3) is 0.105. The summed E-state index contributed by atoms with van der Waals surface area (Å²) in [7, 11) is 0. The van der Waals surface area contributed by atoms with E-state index >= 15 is 0 Å². The van der Waals surface area contributed by atoms with Crippen LogP contribution in [0.5, 0.6) is 5.75 Å². The average Bonchev–Trinajstić information content (AvgIpc) is 2.69. The predicted molar refractivity (Wildman–Crippen MR) is 101 cm³/mol. The van der Waals surface area contributed by atoms with Crippen LogP contribution >= 0.6 is 11.6 Å². The van der Waals surface area contributed by atoms with Gasteiger partial charge in [-0.25, -0.2) is 14.4 Å². The summed E-state index contributed by atoms with van der Waals surface area (Å²) in [6.07, 6.45) is 0. The highest BCUT2D eigenvalue weighted by Gasteiger charge is 2.18. The zero-order chi connectivity index (χ0) is 21.0. The summed E-state index contributed by atoms with van der Waals surface area (Å²) >= 11 is 6.11. The molecule has 3 rings (SSSR count). The molecule has 1 heterocycles. The Morgan fingerprint density at radius 3 is 2.52 bits per heavy atom. The fourth-order valence-electron chi connectivity index (χ4n) is 2.51. The summed E-state index contributed by atoms with van der Waals surface area (Å²) in [5.41, 5.74) is 6.60. The van der Waals surface area contributed by atoms with Crippen molar-refractivity contribution < 1.29 is 22.7 Å². The van der Waals surface area contributed by atoms with Crippen LogP contribution in [0.25, 0.3) is 11.3 Å². The lowest BCUT2D eigenvalue weighted by Crippen LogP contribution is -2.26. The van der Waals surface area contributed by atoms with Crippen LogP contribution in [-0.2, 0) is 6.54 Å². The van der Waals surface area contributed by atoms with E-state index in [2.05, 4.69) is 20.0 Å². The van der Waals surface area contributed by atoms with Gasteiger partial charge in [0.15, 0.2) is 16.7 Å². The number of aromatic nitrogens is 2. The van der Waals surface area contributed by atoms with E-state index in [1.54, 1.807) is 6.07 Å². The van der Waals surface area contributed by atoms with Crippen molar-refractivity contribution in [2.75, 3.05) is 5.73 Å². The molecule has 0 spiro atoms. The molecule has 1 aromatic heterocycles. The smallest absolute Gasteiger partial charge is 0.387 e. The Morgan fingerprint density at radius 2 is 1.83 bits per heavy atom. The Morgan fingerprint density at radius 1 is 1.14 bits per heavy atom. The molecule has 1 amide bonds. The van der Waals surface area contributed by atoms with Gasteiger partial charge < -0.3 is 15.8 Å². The normalized spacial score (nSPS) is 10.8. The Hall–Kier alpha value is -3.33. The van der Waals surface area contributed by atoms with Crippen LogP contribution in [0.3, 0.4) is 0 Å². The quantitative estimate of drug-likeness (QED) is 0.625. The van der Waals surface area contributed by atoms with Crippen LogP contribution < -0.4 is 15.8 Å². The second kappa shape index (κ2) is 8.78. The second-order valence-electron chi connectivity index (χ2n) is 5.77. The highest BCUT2D eigenvalue weighted by molar-refractivity contribution is 6.32. The number of alkyl halides is 2. The van der Waals surface area contributed by atoms with E-state index < -0.39 is 18.3 Å². The Kier molecular flexibility index (Phi) is 6.18. The van der Waals surface area contributed by atoms with Crippen molar-refractivity contribution in [2.45, 2.75) is 13.2 Å². The number of benzene rings is 2. The number of carbonyl (C=O) groups is 1. The summed E-state index contributed by atoms with van der Waals surface area (Å²) in [6, 6.07) is 11.4. The summed E-state index contributed by atoms with van der Waals surface area (Å²) in [6.45, 7) is -3.11. The number of ether oxygens (including phenoxy) is 1. The van der Waals surface area contributed by atoms with Gasteiger partial charge in [0.05, 0.1) is 0 Å². The molecule has 0 saturated carbocycles. The molecule has 150 valence electrons. The van der Waals surface area contributed by atoms with Crippen LogP contribution in [0.15, 0.2) is 48.5 Å². The summed E-state index contributed by atoms with van der Waals surface area (Å²) in [5.74, 6) is -1.39. The summed E-state index contributed by atoms with van der Waals surface area (Å²) < 4.78 is 42.5. The molecule has 0 aliphatic heterocycles. The number of rotatable bonds is 6. The number of hydrogen-bond donors (Lipinski definition) is 2. The monoisotopic (exact) mass is 422 g/mol. The fourth-order valence-corrected chi connectivity index (χ4v) is 2.74. The largest absolute Gasteiger partial charge is 0.434 e. The van der Waals surface area contributed by atoms with Crippen LogP contribution in [0, 0.1) is 5.82 Å². The van der Waals surface area contributed by atoms with E-state index in [-0.39, 0.29) is 34.7 Å². The topological polar surface area (TPSA) is 90.1 Å². The Labute approximate surface area is 168 Å². The van der Waals surface area contributed by atoms with Gasteiger partial charge in [-0.05, 0) is 30.3 Å². The number of nitrogen functional groups attached to an aromatic ring is 1. The van der Waals surface area contributed by atoms with Crippen molar-refractivity contribution in [3.05, 3.63) is 70.8 Å². The molecular formula is C19H14ClF3N4O2. The number of amides is 1. The molecule has 0 aliphatic rings. The van der Waals surface area contributed by atoms with Crippen molar-refractivity contribution in [1.29, 1.82) is 0 Å². The minimum Gasteiger partial charge on any atom is -0.434 e. The molecule has 0 bridgehead atoms. The van der Waals surface area contributed by atoms with Crippen LogP contribution in [0.4, 0.5) is 19.0 Å². The molecule has 10 heteroatoms. The van der Waals surface area contributed by atoms with E-state index in [0.29, 0.717) is 11.1 Å². The number of nitrogens with one attached hydrogen (secondary N) is 1. The van der Waals surface area contributed by atoms with Gasteiger partial charge in [0, 0.05) is 17.7 Å². The first-order chi connectivity index (χ1) is 13.8. The molecule has 0 radical (unpaired) electrons. The van der Waals surface area contributed by atoms with Gasteiger partial charge in [0.1, 0.15) is 17.3 Å².